The van der Waals surface area contributed by atoms with Crippen LogP contribution in [-0.2, 0) is 6.18 Å². The van der Waals surface area contributed by atoms with Crippen molar-refractivity contribution in [3.8, 4) is 28.7 Å². The summed E-state index contributed by atoms with van der Waals surface area (Å²) in [6.07, 6.45) is -3.11. The Morgan fingerprint density at radius 1 is 0.947 bits per heavy atom. The van der Waals surface area contributed by atoms with E-state index < -0.39 is 29.3 Å². The number of pyridine rings is 1. The van der Waals surface area contributed by atoms with Crippen LogP contribution in [0.2, 0.25) is 0 Å². The summed E-state index contributed by atoms with van der Waals surface area (Å²) in [5.41, 5.74) is -0.829. The Labute approximate surface area is 213 Å². The van der Waals surface area contributed by atoms with E-state index in [-0.39, 0.29) is 0 Å². The highest BCUT2D eigenvalue weighted by Gasteiger charge is 2.31. The molecular weight excluding hydrogens is 510 g/mol. The quantitative estimate of drug-likeness (QED) is 0.283. The Bertz CT molecular complexity index is 1510. The highest BCUT2D eigenvalue weighted by molar-refractivity contribution is 6.00. The molecule has 0 aliphatic carbocycles. The van der Waals surface area contributed by atoms with Gasteiger partial charge in [0.2, 0.25) is 5.75 Å². The van der Waals surface area contributed by atoms with Crippen molar-refractivity contribution in [1.29, 1.82) is 0 Å². The molecule has 196 valence electrons. The molecule has 0 saturated carbocycles. The number of nitrogens with one attached hydrogen (secondary N) is 2. The van der Waals surface area contributed by atoms with Crippen molar-refractivity contribution in [3.05, 3.63) is 72.2 Å². The van der Waals surface area contributed by atoms with Crippen molar-refractivity contribution in [3.63, 3.8) is 0 Å². The Morgan fingerprint density at radius 2 is 1.68 bits per heavy atom. The molecule has 12 heteroatoms. The fourth-order valence-corrected chi connectivity index (χ4v) is 3.83. The van der Waals surface area contributed by atoms with E-state index in [9.17, 15) is 22.4 Å². The first-order valence-corrected chi connectivity index (χ1v) is 11.2. The molecular formula is C26H19F4N3O5. The lowest BCUT2D eigenvalue weighted by molar-refractivity contribution is -0.137. The van der Waals surface area contributed by atoms with Crippen molar-refractivity contribution < 1.29 is 41.3 Å². The molecule has 0 saturated heterocycles. The Morgan fingerprint density at radius 3 is 2.39 bits per heavy atom. The van der Waals surface area contributed by atoms with Crippen LogP contribution < -0.4 is 29.6 Å². The van der Waals surface area contributed by atoms with Gasteiger partial charge in [-0.3, -0.25) is 4.98 Å². The molecule has 0 fully saturated rings. The number of anilines is 2. The van der Waals surface area contributed by atoms with E-state index in [1.54, 1.807) is 30.5 Å². The monoisotopic (exact) mass is 529 g/mol. The average Bonchev–Trinajstić information content (AvgIpc) is 2.90. The third kappa shape index (κ3) is 5.05. The number of fused-ring (bicyclic) bond motifs is 3. The van der Waals surface area contributed by atoms with Crippen molar-refractivity contribution in [2.75, 3.05) is 31.0 Å². The van der Waals surface area contributed by atoms with Crippen LogP contribution in [0, 0.1) is 5.82 Å². The van der Waals surface area contributed by atoms with Gasteiger partial charge in [-0.1, -0.05) is 0 Å². The summed E-state index contributed by atoms with van der Waals surface area (Å²) in [7, 11) is 1.52. The number of methoxy groups -OCH3 is 1. The number of nitrogens with zero attached hydrogens (tertiary/aromatic N) is 1. The molecule has 2 N–H and O–H groups in total. The third-order valence-electron chi connectivity index (χ3n) is 5.54. The Balaban J connectivity index is 1.32. The van der Waals surface area contributed by atoms with Crippen LogP contribution >= 0.6 is 0 Å². The van der Waals surface area contributed by atoms with E-state index in [1.165, 1.54) is 19.2 Å². The summed E-state index contributed by atoms with van der Waals surface area (Å²) < 4.78 is 75.6. The first-order chi connectivity index (χ1) is 18.2. The van der Waals surface area contributed by atoms with Gasteiger partial charge in [-0.2, -0.15) is 13.2 Å². The molecule has 1 aromatic heterocycles. The molecule has 0 atom stereocenters. The minimum absolute atomic E-state index is 0.292. The number of benzene rings is 3. The molecule has 1 aliphatic heterocycles. The Kier molecular flexibility index (Phi) is 6.53. The molecule has 4 aromatic rings. The molecule has 1 aliphatic rings. The van der Waals surface area contributed by atoms with Gasteiger partial charge in [0.25, 0.3) is 0 Å². The SMILES string of the molecule is COc1cc2nccc(Oc3ccc(NC(=O)Nc4cc(C(F)(F)F)ccc4F)cc3)c2c2c1OCCO2. The van der Waals surface area contributed by atoms with Crippen molar-refractivity contribution in [2.45, 2.75) is 6.18 Å². The fourth-order valence-electron chi connectivity index (χ4n) is 3.83. The highest BCUT2D eigenvalue weighted by Crippen LogP contribution is 2.48. The van der Waals surface area contributed by atoms with Gasteiger partial charge >= 0.3 is 12.2 Å². The second-order valence-electron chi connectivity index (χ2n) is 8.04. The fraction of sp³-hybridized carbons (Fsp3) is 0.154. The molecule has 8 nitrogen and oxygen atoms in total. The zero-order valence-corrected chi connectivity index (χ0v) is 19.7. The summed E-state index contributed by atoms with van der Waals surface area (Å²) in [4.78, 5) is 16.6. The number of amides is 2. The van der Waals surface area contributed by atoms with E-state index in [0.29, 0.717) is 76.8 Å². The maximum Gasteiger partial charge on any atom is 0.416 e. The number of hydrogen-bond donors (Lipinski definition) is 2. The Hall–Kier alpha value is -4.74. The summed E-state index contributed by atoms with van der Waals surface area (Å²) in [5, 5.41) is 5.11. The molecule has 0 spiro atoms. The lowest BCUT2D eigenvalue weighted by atomic mass is 10.1. The lowest BCUT2D eigenvalue weighted by Gasteiger charge is -2.23. The number of alkyl halides is 3. The van der Waals surface area contributed by atoms with Crippen LogP contribution in [0.1, 0.15) is 5.56 Å². The van der Waals surface area contributed by atoms with Crippen LogP contribution in [0.25, 0.3) is 10.9 Å². The summed E-state index contributed by atoms with van der Waals surface area (Å²) in [6.45, 7) is 0.712. The van der Waals surface area contributed by atoms with Gasteiger partial charge in [-0.05, 0) is 48.5 Å². The number of hydrogen-bond acceptors (Lipinski definition) is 6. The lowest BCUT2D eigenvalue weighted by Crippen LogP contribution is -2.20. The normalized spacial score (nSPS) is 12.7. The largest absolute Gasteiger partial charge is 0.493 e. The number of urea groups is 1. The van der Waals surface area contributed by atoms with Gasteiger partial charge < -0.3 is 29.6 Å². The maximum absolute atomic E-state index is 13.9. The first kappa shape index (κ1) is 24.9. The van der Waals surface area contributed by atoms with E-state index in [0.717, 1.165) is 0 Å². The molecule has 5 rings (SSSR count). The van der Waals surface area contributed by atoms with Crippen LogP contribution in [0.3, 0.4) is 0 Å². The summed E-state index contributed by atoms with van der Waals surface area (Å²) >= 11 is 0. The predicted octanol–water partition coefficient (Wildman–Crippen LogP) is 6.61. The molecule has 2 amide bonds. The molecule has 38 heavy (non-hydrogen) atoms. The molecule has 0 radical (unpaired) electrons. The second kappa shape index (κ2) is 9.96. The number of rotatable bonds is 5. The molecule has 0 unspecified atom stereocenters. The molecule has 2 heterocycles. The predicted molar refractivity (Wildman–Crippen MR) is 130 cm³/mol. The van der Waals surface area contributed by atoms with Crippen LogP contribution in [-0.4, -0.2) is 31.3 Å². The van der Waals surface area contributed by atoms with Gasteiger partial charge in [0, 0.05) is 18.0 Å². The van der Waals surface area contributed by atoms with Crippen molar-refractivity contribution in [1.82, 2.24) is 4.98 Å². The van der Waals surface area contributed by atoms with Gasteiger partial charge in [0.1, 0.15) is 30.5 Å². The minimum atomic E-state index is -4.68. The first-order valence-electron chi connectivity index (χ1n) is 11.2. The average molecular weight is 529 g/mol. The molecule has 3 aromatic carbocycles. The second-order valence-corrected chi connectivity index (χ2v) is 8.04. The molecule has 0 bridgehead atoms. The third-order valence-corrected chi connectivity index (χ3v) is 5.54. The zero-order valence-electron chi connectivity index (χ0n) is 19.7. The maximum atomic E-state index is 13.9. The number of carbonyl (C=O) groups is 1. The van der Waals surface area contributed by atoms with E-state index in [2.05, 4.69) is 15.6 Å². The van der Waals surface area contributed by atoms with Gasteiger partial charge in [0.05, 0.1) is 29.3 Å². The minimum Gasteiger partial charge on any atom is -0.493 e. The van der Waals surface area contributed by atoms with Crippen LogP contribution in [0.5, 0.6) is 28.7 Å². The van der Waals surface area contributed by atoms with Gasteiger partial charge in [0.15, 0.2) is 11.5 Å². The number of halogens is 4. The smallest absolute Gasteiger partial charge is 0.416 e. The summed E-state index contributed by atoms with van der Waals surface area (Å²) in [5.74, 6) is 1.23. The van der Waals surface area contributed by atoms with Crippen LogP contribution in [0.4, 0.5) is 33.7 Å². The number of aromatic nitrogens is 1. The summed E-state index contributed by atoms with van der Waals surface area (Å²) in [6, 6.07) is 10.4. The van der Waals surface area contributed by atoms with E-state index in [1.807, 2.05) is 0 Å². The topological polar surface area (TPSA) is 90.9 Å². The highest BCUT2D eigenvalue weighted by atomic mass is 19.4. The van der Waals surface area contributed by atoms with Crippen molar-refractivity contribution >= 4 is 28.3 Å². The van der Waals surface area contributed by atoms with Crippen molar-refractivity contribution in [2.24, 2.45) is 0 Å². The van der Waals surface area contributed by atoms with Gasteiger partial charge in [-0.15, -0.1) is 0 Å². The van der Waals surface area contributed by atoms with Gasteiger partial charge in [-0.25, -0.2) is 9.18 Å². The zero-order chi connectivity index (χ0) is 26.9. The number of carbonyl (C=O) groups excluding carboxylic acids is 1. The van der Waals surface area contributed by atoms with Crippen LogP contribution in [0.15, 0.2) is 60.8 Å². The van der Waals surface area contributed by atoms with E-state index in [4.69, 9.17) is 18.9 Å². The van der Waals surface area contributed by atoms with E-state index >= 15 is 0 Å². The number of ether oxygens (including phenoxy) is 4. The standard InChI is InChI=1S/C26H19F4N3O5/c1-35-21-13-19-22(24-23(21)36-10-11-37-24)20(8-9-31-19)38-16-5-3-15(4-6-16)32-25(34)33-18-12-14(26(28,29)30)2-7-17(18)27/h2-9,12-13H,10-11H2,1H3,(H2,32,33,34).